The quantitative estimate of drug-likeness (QED) is 0.621. The third-order valence-corrected chi connectivity index (χ3v) is 6.40. The number of aliphatic hydroxyl groups excluding tert-OH is 1. The molecule has 2 aromatic rings. The largest absolute Gasteiger partial charge is 0.490 e. The van der Waals surface area contributed by atoms with Crippen molar-refractivity contribution >= 4 is 17.6 Å². The van der Waals surface area contributed by atoms with Gasteiger partial charge in [-0.3, -0.25) is 4.79 Å². The van der Waals surface area contributed by atoms with Crippen LogP contribution in [0.25, 0.3) is 0 Å². The molecule has 6 nitrogen and oxygen atoms in total. The Balaban J connectivity index is 1.26. The average molecular weight is 464 g/mol. The van der Waals surface area contributed by atoms with Gasteiger partial charge >= 0.3 is 5.97 Å². The molecule has 4 rings (SSSR count). The summed E-state index contributed by atoms with van der Waals surface area (Å²) >= 11 is 6.10. The molecular weight excluding hydrogens is 437 g/mol. The van der Waals surface area contributed by atoms with Gasteiger partial charge in [0.25, 0.3) is 0 Å². The second kappa shape index (κ2) is 9.65. The first kappa shape index (κ1) is 22.8. The highest BCUT2D eigenvalue weighted by Crippen LogP contribution is 2.41. The van der Waals surface area contributed by atoms with E-state index in [2.05, 4.69) is 4.90 Å². The molecule has 1 spiro atoms. The van der Waals surface area contributed by atoms with Gasteiger partial charge in [-0.1, -0.05) is 17.7 Å². The van der Waals surface area contributed by atoms with Crippen molar-refractivity contribution in [3.63, 3.8) is 0 Å². The standard InChI is InChI=1S/C24H27ClFNO5/c25-18-3-5-21-17(11-18)13-24(32-21)7-9-27(10-8-24)14-20(28)15-31-22-12-19(26)4-1-16(22)2-6-23(29)30/h1,3-5,11-12,20,28H,2,6-10,13-15H2,(H,29,30)/t20-/m1/s1. The van der Waals surface area contributed by atoms with Crippen LogP contribution in [0, 0.1) is 5.82 Å². The first-order chi connectivity index (χ1) is 15.3. The van der Waals surface area contributed by atoms with Crippen LogP contribution in [-0.4, -0.2) is 59.0 Å². The van der Waals surface area contributed by atoms with Gasteiger partial charge in [-0.25, -0.2) is 4.39 Å². The first-order valence-corrected chi connectivity index (χ1v) is 11.2. The molecule has 0 aliphatic carbocycles. The number of carbonyl (C=O) groups is 1. The minimum atomic E-state index is -0.930. The number of rotatable bonds is 8. The molecule has 2 N–H and O–H groups in total. The van der Waals surface area contributed by atoms with Crippen LogP contribution in [0.15, 0.2) is 36.4 Å². The molecule has 8 heteroatoms. The minimum Gasteiger partial charge on any atom is -0.490 e. The van der Waals surface area contributed by atoms with Crippen LogP contribution in [0.5, 0.6) is 11.5 Å². The second-order valence-electron chi connectivity index (χ2n) is 8.63. The van der Waals surface area contributed by atoms with E-state index < -0.39 is 17.9 Å². The van der Waals surface area contributed by atoms with Crippen LogP contribution >= 0.6 is 11.6 Å². The fourth-order valence-corrected chi connectivity index (χ4v) is 4.67. The Labute approximate surface area is 191 Å². The normalized spacial score (nSPS) is 18.2. The van der Waals surface area contributed by atoms with E-state index in [4.69, 9.17) is 26.2 Å². The molecule has 1 saturated heterocycles. The molecule has 0 aromatic heterocycles. The molecule has 172 valence electrons. The van der Waals surface area contributed by atoms with Gasteiger partial charge in [0.05, 0.1) is 0 Å². The van der Waals surface area contributed by atoms with Gasteiger partial charge < -0.3 is 24.6 Å². The fraction of sp³-hybridized carbons (Fsp3) is 0.458. The van der Waals surface area contributed by atoms with Crippen LogP contribution in [0.3, 0.4) is 0 Å². The highest BCUT2D eigenvalue weighted by molar-refractivity contribution is 6.30. The van der Waals surface area contributed by atoms with Crippen LogP contribution in [-0.2, 0) is 17.6 Å². The SMILES string of the molecule is O=C(O)CCc1ccc(F)cc1OC[C@H](O)CN1CCC2(CC1)Cc1cc(Cl)ccc1O2. The lowest BCUT2D eigenvalue weighted by Crippen LogP contribution is -2.49. The molecular formula is C24H27ClFNO5. The van der Waals surface area contributed by atoms with E-state index in [1.165, 1.54) is 18.2 Å². The number of β-amino-alcohol motifs (C(OH)–C–C–N with tert-alkyl or cyclic N) is 1. The Bertz CT molecular complexity index is 977. The molecule has 0 amide bonds. The van der Waals surface area contributed by atoms with Crippen molar-refractivity contribution < 1.29 is 28.9 Å². The monoisotopic (exact) mass is 463 g/mol. The molecule has 0 bridgehead atoms. The number of ether oxygens (including phenoxy) is 2. The van der Waals surface area contributed by atoms with E-state index in [0.29, 0.717) is 12.1 Å². The second-order valence-corrected chi connectivity index (χ2v) is 9.06. The Kier molecular flexibility index (Phi) is 6.88. The lowest BCUT2D eigenvalue weighted by Gasteiger charge is -2.39. The number of aliphatic carboxylic acids is 1. The maximum atomic E-state index is 13.6. The molecule has 0 radical (unpaired) electrons. The highest BCUT2D eigenvalue weighted by atomic mass is 35.5. The summed E-state index contributed by atoms with van der Waals surface area (Å²) in [5.41, 5.74) is 1.55. The van der Waals surface area contributed by atoms with E-state index >= 15 is 0 Å². The summed E-state index contributed by atoms with van der Waals surface area (Å²) in [6.07, 6.45) is 1.98. The smallest absolute Gasteiger partial charge is 0.303 e. The van der Waals surface area contributed by atoms with Crippen molar-refractivity contribution in [1.82, 2.24) is 4.90 Å². The molecule has 2 aromatic carbocycles. The summed E-state index contributed by atoms with van der Waals surface area (Å²) in [7, 11) is 0. The van der Waals surface area contributed by atoms with Crippen molar-refractivity contribution in [3.05, 3.63) is 58.4 Å². The molecule has 2 aliphatic rings. The van der Waals surface area contributed by atoms with Crippen molar-refractivity contribution in [1.29, 1.82) is 0 Å². The van der Waals surface area contributed by atoms with Gasteiger partial charge in [-0.05, 0) is 41.8 Å². The zero-order valence-corrected chi connectivity index (χ0v) is 18.5. The van der Waals surface area contributed by atoms with Crippen molar-refractivity contribution in [3.8, 4) is 11.5 Å². The lowest BCUT2D eigenvalue weighted by molar-refractivity contribution is -0.136. The molecule has 0 unspecified atom stereocenters. The molecule has 1 atom stereocenters. The van der Waals surface area contributed by atoms with Crippen LogP contribution < -0.4 is 9.47 Å². The molecule has 2 heterocycles. The number of hydrogen-bond donors (Lipinski definition) is 2. The Morgan fingerprint density at radius 2 is 2.03 bits per heavy atom. The predicted molar refractivity (Wildman–Crippen MR) is 118 cm³/mol. The average Bonchev–Trinajstić information content (AvgIpc) is 3.10. The van der Waals surface area contributed by atoms with Gasteiger partial charge in [-0.15, -0.1) is 0 Å². The number of aryl methyl sites for hydroxylation is 1. The van der Waals surface area contributed by atoms with Gasteiger partial charge in [-0.2, -0.15) is 0 Å². The Hall–Kier alpha value is -2.35. The summed E-state index contributed by atoms with van der Waals surface area (Å²) in [6.45, 7) is 2.03. The van der Waals surface area contributed by atoms with Crippen LogP contribution in [0.4, 0.5) is 4.39 Å². The van der Waals surface area contributed by atoms with E-state index in [0.717, 1.165) is 48.7 Å². The van der Waals surface area contributed by atoms with Gasteiger partial charge in [0.2, 0.25) is 0 Å². The number of piperidine rings is 1. The Morgan fingerprint density at radius 1 is 1.25 bits per heavy atom. The first-order valence-electron chi connectivity index (χ1n) is 10.8. The topological polar surface area (TPSA) is 79.2 Å². The van der Waals surface area contributed by atoms with E-state index in [9.17, 15) is 14.3 Å². The number of aliphatic hydroxyl groups is 1. The summed E-state index contributed by atoms with van der Waals surface area (Å²) in [6, 6.07) is 9.78. The van der Waals surface area contributed by atoms with Crippen molar-refractivity contribution in [2.75, 3.05) is 26.2 Å². The summed E-state index contributed by atoms with van der Waals surface area (Å²) in [5, 5.41) is 20.1. The van der Waals surface area contributed by atoms with Crippen molar-refractivity contribution in [2.24, 2.45) is 0 Å². The van der Waals surface area contributed by atoms with Crippen LogP contribution in [0.2, 0.25) is 5.02 Å². The molecule has 1 fully saturated rings. The third kappa shape index (κ3) is 5.52. The molecule has 0 saturated carbocycles. The number of fused-ring (bicyclic) bond motifs is 1. The van der Waals surface area contributed by atoms with Crippen molar-refractivity contribution in [2.45, 2.75) is 43.8 Å². The number of nitrogens with zero attached hydrogens (tertiary/aromatic N) is 1. The van der Waals surface area contributed by atoms with Gasteiger partial charge in [0.15, 0.2) is 0 Å². The number of carboxylic acid groups (broad SMARTS) is 1. The zero-order valence-electron chi connectivity index (χ0n) is 17.7. The zero-order chi connectivity index (χ0) is 22.7. The lowest BCUT2D eigenvalue weighted by atomic mass is 9.87. The molecule has 2 aliphatic heterocycles. The van der Waals surface area contributed by atoms with E-state index in [1.807, 2.05) is 18.2 Å². The maximum absolute atomic E-state index is 13.6. The Morgan fingerprint density at radius 3 is 2.78 bits per heavy atom. The number of hydrogen-bond acceptors (Lipinski definition) is 5. The predicted octanol–water partition coefficient (Wildman–Crippen LogP) is 3.71. The summed E-state index contributed by atoms with van der Waals surface area (Å²) < 4.78 is 25.5. The van der Waals surface area contributed by atoms with Gasteiger partial charge in [0, 0.05) is 56.4 Å². The summed E-state index contributed by atoms with van der Waals surface area (Å²) in [5.74, 6) is -0.210. The number of likely N-dealkylation sites (tertiary alicyclic amines) is 1. The number of carboxylic acids is 1. The van der Waals surface area contributed by atoms with E-state index in [-0.39, 0.29) is 30.8 Å². The highest BCUT2D eigenvalue weighted by Gasteiger charge is 2.42. The van der Waals surface area contributed by atoms with E-state index in [1.54, 1.807) is 0 Å². The summed E-state index contributed by atoms with van der Waals surface area (Å²) in [4.78, 5) is 13.0. The fourth-order valence-electron chi connectivity index (χ4n) is 4.47. The number of halogens is 2. The third-order valence-electron chi connectivity index (χ3n) is 6.17. The molecule has 32 heavy (non-hydrogen) atoms. The minimum absolute atomic E-state index is 0.00556. The van der Waals surface area contributed by atoms with Gasteiger partial charge in [0.1, 0.15) is 35.6 Å². The number of benzene rings is 2. The van der Waals surface area contributed by atoms with Crippen LogP contribution in [0.1, 0.15) is 30.4 Å². The maximum Gasteiger partial charge on any atom is 0.303 e.